The van der Waals surface area contributed by atoms with Crippen LogP contribution in [0.4, 0.5) is 0 Å². The van der Waals surface area contributed by atoms with Gasteiger partial charge in [0.2, 0.25) is 0 Å². The summed E-state index contributed by atoms with van der Waals surface area (Å²) in [5.41, 5.74) is 5.70. The van der Waals surface area contributed by atoms with Gasteiger partial charge in [-0.05, 0) is 17.2 Å². The van der Waals surface area contributed by atoms with Crippen LogP contribution in [0, 0.1) is 0 Å². The van der Waals surface area contributed by atoms with Gasteiger partial charge in [0.25, 0.3) is 0 Å². The molecule has 0 unspecified atom stereocenters. The number of carbonyl (C=O) groups excluding carboxylic acids is 1. The van der Waals surface area contributed by atoms with Gasteiger partial charge >= 0.3 is 5.97 Å². The number of hydrogen-bond donors (Lipinski definition) is 1. The van der Waals surface area contributed by atoms with Crippen LogP contribution in [0.2, 0.25) is 0 Å². The standard InChI is InChI=1S/C31H26N2O2/c34-31(35-22-23-12-4-1-5-13-23)29(20-26-21-32-28-19-11-10-18-27(26)28)33-30(24-14-6-2-7-15-24)25-16-8-3-9-17-25/h1-19,21,29,32H,20,22H2/t29-/m0/s1. The lowest BCUT2D eigenvalue weighted by Crippen LogP contribution is -2.26. The third-order valence-electron chi connectivity index (χ3n) is 5.96. The predicted molar refractivity (Wildman–Crippen MR) is 141 cm³/mol. The van der Waals surface area contributed by atoms with E-state index in [9.17, 15) is 4.79 Å². The molecular weight excluding hydrogens is 432 g/mol. The summed E-state index contributed by atoms with van der Waals surface area (Å²) in [6.07, 6.45) is 2.39. The summed E-state index contributed by atoms with van der Waals surface area (Å²) < 4.78 is 5.77. The Balaban J connectivity index is 1.53. The van der Waals surface area contributed by atoms with Gasteiger partial charge in [-0.3, -0.25) is 4.99 Å². The van der Waals surface area contributed by atoms with Gasteiger partial charge in [-0.15, -0.1) is 0 Å². The van der Waals surface area contributed by atoms with Crippen LogP contribution < -0.4 is 0 Å². The van der Waals surface area contributed by atoms with Gasteiger partial charge in [0.15, 0.2) is 6.04 Å². The van der Waals surface area contributed by atoms with Crippen molar-refractivity contribution < 1.29 is 9.53 Å². The zero-order valence-corrected chi connectivity index (χ0v) is 19.3. The number of carbonyl (C=O) groups is 1. The second-order valence-electron chi connectivity index (χ2n) is 8.38. The predicted octanol–water partition coefficient (Wildman–Crippen LogP) is 6.36. The molecule has 35 heavy (non-hydrogen) atoms. The van der Waals surface area contributed by atoms with Gasteiger partial charge in [0.1, 0.15) is 6.61 Å². The Labute approximate surface area is 204 Å². The van der Waals surface area contributed by atoms with Crippen molar-refractivity contribution in [2.24, 2.45) is 4.99 Å². The van der Waals surface area contributed by atoms with Crippen LogP contribution in [0.1, 0.15) is 22.3 Å². The zero-order chi connectivity index (χ0) is 23.9. The average molecular weight is 459 g/mol. The molecule has 4 heteroatoms. The highest BCUT2D eigenvalue weighted by molar-refractivity contribution is 6.13. The minimum atomic E-state index is -0.701. The summed E-state index contributed by atoms with van der Waals surface area (Å²) >= 11 is 0. The number of hydrogen-bond acceptors (Lipinski definition) is 3. The molecule has 5 aromatic rings. The number of H-pyrrole nitrogens is 1. The van der Waals surface area contributed by atoms with Crippen LogP contribution in [-0.2, 0) is 22.6 Å². The summed E-state index contributed by atoms with van der Waals surface area (Å²) in [6, 6.07) is 37.1. The summed E-state index contributed by atoms with van der Waals surface area (Å²) in [5, 5.41) is 1.09. The van der Waals surface area contributed by atoms with Crippen LogP contribution in [0.3, 0.4) is 0 Å². The van der Waals surface area contributed by atoms with E-state index in [-0.39, 0.29) is 12.6 Å². The molecule has 4 aromatic carbocycles. The topological polar surface area (TPSA) is 54.5 Å². The highest BCUT2D eigenvalue weighted by Crippen LogP contribution is 2.22. The lowest BCUT2D eigenvalue weighted by atomic mass is 10.0. The van der Waals surface area contributed by atoms with E-state index in [0.717, 1.165) is 38.9 Å². The Morgan fingerprint density at radius 3 is 1.97 bits per heavy atom. The van der Waals surface area contributed by atoms with Crippen molar-refractivity contribution in [3.8, 4) is 0 Å². The fourth-order valence-corrected chi connectivity index (χ4v) is 4.18. The first kappa shape index (κ1) is 22.4. The second-order valence-corrected chi connectivity index (χ2v) is 8.38. The summed E-state index contributed by atoms with van der Waals surface area (Å²) in [6.45, 7) is 0.214. The number of aromatic nitrogens is 1. The van der Waals surface area contributed by atoms with E-state index in [0.29, 0.717) is 6.42 Å². The van der Waals surface area contributed by atoms with Gasteiger partial charge in [0.05, 0.1) is 5.71 Å². The van der Waals surface area contributed by atoms with Crippen LogP contribution >= 0.6 is 0 Å². The first-order valence-corrected chi connectivity index (χ1v) is 11.7. The van der Waals surface area contributed by atoms with Crippen molar-refractivity contribution in [2.75, 3.05) is 0 Å². The van der Waals surface area contributed by atoms with Crippen molar-refractivity contribution in [1.29, 1.82) is 0 Å². The highest BCUT2D eigenvalue weighted by Gasteiger charge is 2.23. The molecule has 0 aliphatic heterocycles. The Morgan fingerprint density at radius 1 is 0.743 bits per heavy atom. The van der Waals surface area contributed by atoms with Crippen LogP contribution in [-0.4, -0.2) is 22.7 Å². The van der Waals surface area contributed by atoms with Crippen molar-refractivity contribution >= 4 is 22.6 Å². The van der Waals surface area contributed by atoms with E-state index in [4.69, 9.17) is 9.73 Å². The first-order valence-electron chi connectivity index (χ1n) is 11.7. The molecule has 0 spiro atoms. The monoisotopic (exact) mass is 458 g/mol. The molecule has 1 N–H and O–H groups in total. The molecule has 5 rings (SSSR count). The maximum atomic E-state index is 13.4. The Bertz CT molecular complexity index is 1380. The van der Waals surface area contributed by atoms with Crippen molar-refractivity contribution in [3.05, 3.63) is 144 Å². The number of ether oxygens (including phenoxy) is 1. The molecule has 0 radical (unpaired) electrons. The van der Waals surface area contributed by atoms with E-state index in [2.05, 4.69) is 11.1 Å². The van der Waals surface area contributed by atoms with Crippen LogP contribution in [0.15, 0.2) is 126 Å². The molecule has 1 atom stereocenters. The maximum Gasteiger partial charge on any atom is 0.331 e. The minimum absolute atomic E-state index is 0.214. The third kappa shape index (κ3) is 5.39. The number of fused-ring (bicyclic) bond motifs is 1. The number of aromatic amines is 1. The van der Waals surface area contributed by atoms with Crippen molar-refractivity contribution in [1.82, 2.24) is 4.98 Å². The van der Waals surface area contributed by atoms with E-state index in [1.165, 1.54) is 0 Å². The lowest BCUT2D eigenvalue weighted by molar-refractivity contribution is -0.146. The molecule has 0 aliphatic rings. The molecule has 172 valence electrons. The second kappa shape index (κ2) is 10.7. The van der Waals surface area contributed by atoms with E-state index in [1.54, 1.807) is 0 Å². The molecule has 4 nitrogen and oxygen atoms in total. The molecule has 1 aromatic heterocycles. The fourth-order valence-electron chi connectivity index (χ4n) is 4.18. The van der Waals surface area contributed by atoms with Gasteiger partial charge in [0, 0.05) is 34.6 Å². The third-order valence-corrected chi connectivity index (χ3v) is 5.96. The fraction of sp³-hybridized carbons (Fsp3) is 0.0968. The largest absolute Gasteiger partial charge is 0.459 e. The molecule has 1 heterocycles. The van der Waals surface area contributed by atoms with Gasteiger partial charge in [-0.25, -0.2) is 4.79 Å². The highest BCUT2D eigenvalue weighted by atomic mass is 16.5. The van der Waals surface area contributed by atoms with E-state index < -0.39 is 6.04 Å². The van der Waals surface area contributed by atoms with Gasteiger partial charge in [-0.1, -0.05) is 109 Å². The maximum absolute atomic E-state index is 13.4. The first-order chi connectivity index (χ1) is 17.3. The number of nitrogens with one attached hydrogen (secondary N) is 1. The smallest absolute Gasteiger partial charge is 0.331 e. The quantitative estimate of drug-likeness (QED) is 0.217. The number of esters is 1. The normalized spacial score (nSPS) is 11.7. The molecule has 0 bridgehead atoms. The van der Waals surface area contributed by atoms with E-state index in [1.807, 2.05) is 115 Å². The number of aliphatic imine (C=N–C) groups is 1. The Hall–Kier alpha value is -4.44. The molecule has 0 saturated heterocycles. The summed E-state index contributed by atoms with van der Waals surface area (Å²) in [7, 11) is 0. The lowest BCUT2D eigenvalue weighted by Gasteiger charge is -2.16. The Kier molecular flexibility index (Phi) is 6.81. The zero-order valence-electron chi connectivity index (χ0n) is 19.3. The minimum Gasteiger partial charge on any atom is -0.459 e. The van der Waals surface area contributed by atoms with Gasteiger partial charge < -0.3 is 9.72 Å². The molecule has 0 aliphatic carbocycles. The van der Waals surface area contributed by atoms with Crippen molar-refractivity contribution in [3.63, 3.8) is 0 Å². The van der Waals surface area contributed by atoms with Crippen LogP contribution in [0.25, 0.3) is 10.9 Å². The SMILES string of the molecule is O=C(OCc1ccccc1)[C@H](Cc1c[nH]c2ccccc12)N=C(c1ccccc1)c1ccccc1. The van der Waals surface area contributed by atoms with E-state index >= 15 is 0 Å². The number of para-hydroxylation sites is 1. The summed E-state index contributed by atoms with van der Waals surface area (Å²) in [5.74, 6) is -0.344. The Morgan fingerprint density at radius 2 is 1.31 bits per heavy atom. The molecule has 0 saturated carbocycles. The van der Waals surface area contributed by atoms with Gasteiger partial charge in [-0.2, -0.15) is 0 Å². The number of nitrogens with zero attached hydrogens (tertiary/aromatic N) is 1. The molecule has 0 fully saturated rings. The number of rotatable bonds is 8. The summed E-state index contributed by atoms with van der Waals surface area (Å²) in [4.78, 5) is 21.8. The molecular formula is C31H26N2O2. The number of benzene rings is 4. The van der Waals surface area contributed by atoms with Crippen molar-refractivity contribution in [2.45, 2.75) is 19.1 Å². The molecule has 0 amide bonds. The average Bonchev–Trinajstić information content (AvgIpc) is 3.34. The van der Waals surface area contributed by atoms with Crippen LogP contribution in [0.5, 0.6) is 0 Å².